The van der Waals surface area contributed by atoms with Crippen LogP contribution in [0.3, 0.4) is 0 Å². The van der Waals surface area contributed by atoms with Crippen LogP contribution in [0.2, 0.25) is 0 Å². The monoisotopic (exact) mass is 1000 g/mol. The Kier molecular flexibility index (Phi) is 15.6. The summed E-state index contributed by atoms with van der Waals surface area (Å²) in [5, 5.41) is 0. The predicted molar refractivity (Wildman–Crippen MR) is 274 cm³/mol. The van der Waals surface area contributed by atoms with Gasteiger partial charge in [0.2, 0.25) is 44.0 Å². The molecule has 8 aromatic carbocycles. The molecule has 0 bridgehead atoms. The van der Waals surface area contributed by atoms with Gasteiger partial charge in [-0.15, -0.1) is 0 Å². The molecule has 0 unspecified atom stereocenters. The third-order valence-corrected chi connectivity index (χ3v) is 13.2. The topological polar surface area (TPSA) is 41.9 Å². The molecule has 10 aromatic rings. The van der Waals surface area contributed by atoms with E-state index < -0.39 is 24.3 Å². The molecule has 15 heteroatoms. The van der Waals surface area contributed by atoms with E-state index in [0.717, 1.165) is 78.7 Å². The minimum absolute atomic E-state index is 0.220. The lowest BCUT2D eigenvalue weighted by atomic mass is 9.98. The van der Waals surface area contributed by atoms with Gasteiger partial charge < -0.3 is 34.5 Å². The summed E-state index contributed by atoms with van der Waals surface area (Å²) in [7, 11) is -15.9. The zero-order valence-electron chi connectivity index (χ0n) is 38.5. The number of aromatic nitrogens is 2. The lowest BCUT2D eigenvalue weighted by molar-refractivity contribution is -0.572. The normalized spacial score (nSPS) is 11.4. The molecule has 2 aromatic heterocycles. The van der Waals surface area contributed by atoms with Crippen molar-refractivity contribution in [1.82, 2.24) is 0 Å². The first-order chi connectivity index (χ1) is 35.0. The summed E-state index contributed by atoms with van der Waals surface area (Å²) >= 11 is 0. The SMILES string of the molecule is F[B-](F)(F)F.F[B-](F)(F)F.O=S(=O)(c1ccc(-[n+]2c(-c3ccccc3)cc(-c3ccccc3)cc2-c2ccccc2)cc1)c1ccc(-[n+]2c(-c3ccccc3)cc(-c3ccccc3)cc2-c2ccccc2)cc1. The highest BCUT2D eigenvalue weighted by molar-refractivity contribution is 7.91. The van der Waals surface area contributed by atoms with Gasteiger partial charge in [0.25, 0.3) is 0 Å². The van der Waals surface area contributed by atoms with E-state index in [0.29, 0.717) is 0 Å². The fourth-order valence-corrected chi connectivity index (χ4v) is 9.57. The first kappa shape index (κ1) is 51.0. The van der Waals surface area contributed by atoms with Crippen LogP contribution in [0.1, 0.15) is 0 Å². The molecule has 0 radical (unpaired) electrons. The number of halogens is 8. The van der Waals surface area contributed by atoms with Crippen molar-refractivity contribution in [2.75, 3.05) is 0 Å². The quantitative estimate of drug-likeness (QED) is 0.0778. The molecule has 73 heavy (non-hydrogen) atoms. The molecule has 0 saturated carbocycles. The van der Waals surface area contributed by atoms with Gasteiger partial charge in [-0.25, -0.2) is 8.42 Å². The summed E-state index contributed by atoms with van der Waals surface area (Å²) in [6.45, 7) is 0. The summed E-state index contributed by atoms with van der Waals surface area (Å²) in [5.74, 6) is 0. The molecule has 0 saturated heterocycles. The molecule has 0 spiro atoms. The molecule has 364 valence electrons. The second-order valence-electron chi connectivity index (χ2n) is 16.4. The first-order valence-electron chi connectivity index (χ1n) is 22.7. The van der Waals surface area contributed by atoms with Crippen molar-refractivity contribution < 1.29 is 52.1 Å². The molecule has 0 aliphatic rings. The number of nitrogens with zero attached hydrogens (tertiary/aromatic N) is 2. The van der Waals surface area contributed by atoms with Gasteiger partial charge >= 0.3 is 14.5 Å². The molecule has 0 atom stereocenters. The first-order valence-corrected chi connectivity index (χ1v) is 24.2. The third-order valence-electron chi connectivity index (χ3n) is 11.4. The van der Waals surface area contributed by atoms with Crippen molar-refractivity contribution in [2.45, 2.75) is 9.79 Å². The second-order valence-corrected chi connectivity index (χ2v) is 18.3. The molecule has 0 N–H and O–H groups in total. The lowest BCUT2D eigenvalue weighted by Crippen LogP contribution is -2.36. The minimum atomic E-state index is -6.00. The van der Waals surface area contributed by atoms with Gasteiger partial charge in [0.1, 0.15) is 0 Å². The number of hydrogen-bond donors (Lipinski definition) is 0. The van der Waals surface area contributed by atoms with E-state index in [1.54, 1.807) is 24.3 Å². The van der Waals surface area contributed by atoms with Crippen LogP contribution in [-0.2, 0) is 9.84 Å². The zero-order chi connectivity index (χ0) is 51.6. The summed E-state index contributed by atoms with van der Waals surface area (Å²) in [6, 6.07) is 85.4. The lowest BCUT2D eigenvalue weighted by Gasteiger charge is -2.13. The van der Waals surface area contributed by atoms with Crippen LogP contribution in [0.15, 0.2) is 265 Å². The Bertz CT molecular complexity index is 3160. The van der Waals surface area contributed by atoms with Gasteiger partial charge in [-0.2, -0.15) is 9.13 Å². The summed E-state index contributed by atoms with van der Waals surface area (Å²) in [6.07, 6.45) is 0. The highest BCUT2D eigenvalue weighted by Gasteiger charge is 2.29. The van der Waals surface area contributed by atoms with Crippen LogP contribution in [0.4, 0.5) is 34.5 Å². The summed E-state index contributed by atoms with van der Waals surface area (Å²) in [4.78, 5) is 0.440. The van der Waals surface area contributed by atoms with Crippen molar-refractivity contribution in [3.8, 4) is 78.7 Å². The molecule has 2 heterocycles. The third kappa shape index (κ3) is 13.1. The van der Waals surface area contributed by atoms with Crippen LogP contribution in [-0.4, -0.2) is 22.9 Å². The van der Waals surface area contributed by atoms with E-state index in [-0.39, 0.29) is 9.79 Å². The molecule has 4 nitrogen and oxygen atoms in total. The fraction of sp³-hybridized carbons (Fsp3) is 0. The van der Waals surface area contributed by atoms with E-state index in [9.17, 15) is 42.9 Å². The Morgan fingerprint density at radius 3 is 0.658 bits per heavy atom. The van der Waals surface area contributed by atoms with Crippen LogP contribution in [0, 0.1) is 0 Å². The van der Waals surface area contributed by atoms with E-state index in [4.69, 9.17) is 0 Å². The van der Waals surface area contributed by atoms with Crippen molar-refractivity contribution in [3.05, 3.63) is 255 Å². The molecular weight excluding hydrogens is 962 g/mol. The number of rotatable bonds is 10. The molecule has 0 amide bonds. The van der Waals surface area contributed by atoms with Gasteiger partial charge in [0.05, 0.1) is 9.79 Å². The molecular formula is C58H42B2F8N2O2S. The average molecular weight is 1000 g/mol. The van der Waals surface area contributed by atoms with Gasteiger partial charge in [-0.3, -0.25) is 0 Å². The Balaban J connectivity index is 0.000000650. The largest absolute Gasteiger partial charge is 0.673 e. The standard InChI is InChI=1S/C58H42N2O2S.2BF4/c61-63(62,53-35-31-51(32-36-53)59-55(45-23-11-3-12-24-45)39-49(43-19-7-1-8-20-43)40-56(59)46-25-13-4-14-26-46)54-37-33-52(34-38-54)60-57(47-27-15-5-16-28-47)41-50(44-21-9-2-10-22-44)42-58(60)48-29-17-6-18-30-48;2*2-1(3,4)5/h1-42H;;/q+2;2*-1. The van der Waals surface area contributed by atoms with Crippen molar-refractivity contribution in [3.63, 3.8) is 0 Å². The van der Waals surface area contributed by atoms with Gasteiger partial charge in [0.15, 0.2) is 0 Å². The van der Waals surface area contributed by atoms with Gasteiger partial charge in [-0.05, 0) is 95.1 Å². The van der Waals surface area contributed by atoms with E-state index >= 15 is 0 Å². The Labute approximate surface area is 417 Å². The van der Waals surface area contributed by atoms with Crippen molar-refractivity contribution >= 4 is 24.3 Å². The number of pyridine rings is 2. The minimum Gasteiger partial charge on any atom is -0.418 e. The predicted octanol–water partition coefficient (Wildman–Crippen LogP) is 15.7. The summed E-state index contributed by atoms with van der Waals surface area (Å²) in [5.41, 5.74) is 14.2. The molecule has 10 rings (SSSR count). The molecule has 0 aliphatic carbocycles. The number of hydrogen-bond acceptors (Lipinski definition) is 2. The molecule has 0 fully saturated rings. The maximum atomic E-state index is 14.5. The van der Waals surface area contributed by atoms with E-state index in [1.165, 1.54) is 0 Å². The van der Waals surface area contributed by atoms with Crippen LogP contribution < -0.4 is 9.13 Å². The van der Waals surface area contributed by atoms with Crippen LogP contribution in [0.25, 0.3) is 78.7 Å². The van der Waals surface area contributed by atoms with Gasteiger partial charge in [-0.1, -0.05) is 133 Å². The van der Waals surface area contributed by atoms with Crippen LogP contribution >= 0.6 is 0 Å². The van der Waals surface area contributed by atoms with Gasteiger partial charge in [0, 0.05) is 70.8 Å². The van der Waals surface area contributed by atoms with Crippen LogP contribution in [0.5, 0.6) is 0 Å². The van der Waals surface area contributed by atoms with Crippen molar-refractivity contribution in [2.24, 2.45) is 0 Å². The Morgan fingerprint density at radius 2 is 0.452 bits per heavy atom. The smallest absolute Gasteiger partial charge is 0.418 e. The fourth-order valence-electron chi connectivity index (χ4n) is 8.31. The van der Waals surface area contributed by atoms with Crippen molar-refractivity contribution in [1.29, 1.82) is 0 Å². The second kappa shape index (κ2) is 22.3. The Morgan fingerprint density at radius 1 is 0.260 bits per heavy atom. The number of sulfone groups is 1. The summed E-state index contributed by atoms with van der Waals surface area (Å²) < 4.78 is 111. The Hall–Kier alpha value is -8.42. The molecule has 0 aliphatic heterocycles. The average Bonchev–Trinajstić information content (AvgIpc) is 3.41. The highest BCUT2D eigenvalue weighted by atomic mass is 32.2. The highest BCUT2D eigenvalue weighted by Crippen LogP contribution is 2.33. The van der Waals surface area contributed by atoms with E-state index in [2.05, 4.69) is 130 Å². The van der Waals surface area contributed by atoms with E-state index in [1.807, 2.05) is 109 Å². The maximum Gasteiger partial charge on any atom is 0.673 e. The maximum absolute atomic E-state index is 14.5. The zero-order valence-corrected chi connectivity index (χ0v) is 39.4. The number of benzene rings is 8.